The zero-order valence-corrected chi connectivity index (χ0v) is 14.0. The van der Waals surface area contributed by atoms with Crippen molar-refractivity contribution in [3.05, 3.63) is 0 Å². The summed E-state index contributed by atoms with van der Waals surface area (Å²) in [6.45, 7) is 12.4. The Morgan fingerprint density at radius 2 is 1.62 bits per heavy atom. The Morgan fingerprint density at radius 1 is 1.14 bits per heavy atom. The topological polar surface area (TPSA) is 76.1 Å². The number of carbonyl (C=O) groups is 2. The Kier molecular flexibility index (Phi) is 4.63. The first-order valence-electron chi connectivity index (χ1n) is 7.17. The van der Waals surface area contributed by atoms with E-state index in [-0.39, 0.29) is 13.0 Å². The highest BCUT2D eigenvalue weighted by molar-refractivity contribution is 5.74. The Bertz CT molecular complexity index is 421. The molecule has 0 spiro atoms. The fraction of sp³-hybridized carbons (Fsp3) is 0.867. The van der Waals surface area contributed by atoms with E-state index in [0.29, 0.717) is 0 Å². The predicted octanol–water partition coefficient (Wildman–Crippen LogP) is 2.09. The first kappa shape index (κ1) is 17.8. The molecule has 1 aliphatic rings. The maximum Gasteiger partial charge on any atom is 0.410 e. The minimum absolute atomic E-state index is 0.0717. The molecule has 6 heteroatoms. The SMILES string of the molecule is C[C@@H]1N(C(=O)OC(C)(C)C)C[C@]1(O)CC(=O)OC(C)(C)C. The van der Waals surface area contributed by atoms with Crippen LogP contribution in [0.1, 0.15) is 54.9 Å². The van der Waals surface area contributed by atoms with Crippen LogP contribution in [-0.2, 0) is 14.3 Å². The molecule has 1 aliphatic heterocycles. The van der Waals surface area contributed by atoms with Gasteiger partial charge in [-0.05, 0) is 48.5 Å². The number of ether oxygens (including phenoxy) is 2. The molecule has 6 nitrogen and oxygen atoms in total. The smallest absolute Gasteiger partial charge is 0.410 e. The first-order chi connectivity index (χ1) is 9.23. The summed E-state index contributed by atoms with van der Waals surface area (Å²) in [6.07, 6.45) is -0.617. The number of hydrogen-bond donors (Lipinski definition) is 1. The van der Waals surface area contributed by atoms with Crippen LogP contribution in [0.15, 0.2) is 0 Å². The standard InChI is InChI=1S/C15H27NO5/c1-10-15(19,8-11(17)20-13(2,3)4)9-16(10)12(18)21-14(5,6)7/h10,19H,8-9H2,1-7H3/t10-,15+/m0/s1. The Hall–Kier alpha value is -1.30. The molecular formula is C15H27NO5. The molecule has 0 aliphatic carbocycles. The molecule has 0 radical (unpaired) electrons. The monoisotopic (exact) mass is 301 g/mol. The molecule has 122 valence electrons. The average molecular weight is 301 g/mol. The maximum atomic E-state index is 11.9. The van der Waals surface area contributed by atoms with Crippen LogP contribution >= 0.6 is 0 Å². The molecule has 1 amide bonds. The molecule has 1 N–H and O–H groups in total. The number of amides is 1. The lowest BCUT2D eigenvalue weighted by Gasteiger charge is -2.52. The normalized spacial score (nSPS) is 26.1. The molecule has 0 aromatic heterocycles. The van der Waals surface area contributed by atoms with E-state index in [4.69, 9.17) is 9.47 Å². The van der Waals surface area contributed by atoms with Crippen molar-refractivity contribution in [3.8, 4) is 0 Å². The molecule has 0 saturated carbocycles. The Morgan fingerprint density at radius 3 is 2.00 bits per heavy atom. The second-order valence-corrected chi connectivity index (χ2v) is 7.65. The van der Waals surface area contributed by atoms with Crippen molar-refractivity contribution in [3.63, 3.8) is 0 Å². The quantitative estimate of drug-likeness (QED) is 0.790. The van der Waals surface area contributed by atoms with Crippen LogP contribution in [0.25, 0.3) is 0 Å². The van der Waals surface area contributed by atoms with Crippen LogP contribution < -0.4 is 0 Å². The number of hydrogen-bond acceptors (Lipinski definition) is 5. The Labute approximate surface area is 126 Å². The second-order valence-electron chi connectivity index (χ2n) is 7.65. The van der Waals surface area contributed by atoms with E-state index >= 15 is 0 Å². The summed E-state index contributed by atoms with van der Waals surface area (Å²) in [5.74, 6) is -0.472. The lowest BCUT2D eigenvalue weighted by molar-refractivity contribution is -0.178. The molecule has 0 bridgehead atoms. The fourth-order valence-electron chi connectivity index (χ4n) is 2.12. The Balaban J connectivity index is 2.57. The molecule has 0 unspecified atom stereocenters. The molecule has 0 aromatic carbocycles. The van der Waals surface area contributed by atoms with Gasteiger partial charge in [0.05, 0.1) is 19.0 Å². The summed E-state index contributed by atoms with van der Waals surface area (Å²) in [5.41, 5.74) is -2.43. The van der Waals surface area contributed by atoms with E-state index in [1.807, 2.05) is 0 Å². The number of esters is 1. The van der Waals surface area contributed by atoms with E-state index in [1.54, 1.807) is 48.5 Å². The van der Waals surface area contributed by atoms with Gasteiger partial charge in [0.25, 0.3) is 0 Å². The average Bonchev–Trinajstić information content (AvgIpc) is 2.20. The minimum Gasteiger partial charge on any atom is -0.460 e. The maximum absolute atomic E-state index is 11.9. The highest BCUT2D eigenvalue weighted by atomic mass is 16.6. The molecule has 1 fully saturated rings. The molecule has 2 atom stereocenters. The first-order valence-corrected chi connectivity index (χ1v) is 7.17. The van der Waals surface area contributed by atoms with Crippen molar-refractivity contribution in [2.75, 3.05) is 6.54 Å². The largest absolute Gasteiger partial charge is 0.460 e. The number of nitrogens with zero attached hydrogens (tertiary/aromatic N) is 1. The van der Waals surface area contributed by atoms with Gasteiger partial charge in [-0.15, -0.1) is 0 Å². The summed E-state index contributed by atoms with van der Waals surface area (Å²) in [7, 11) is 0. The van der Waals surface area contributed by atoms with E-state index in [1.165, 1.54) is 4.90 Å². The van der Waals surface area contributed by atoms with Crippen LogP contribution in [-0.4, -0.2) is 51.5 Å². The number of β-amino-alcohol motifs (C(OH)–C–C–N with tert-alkyl or cyclic N) is 1. The second kappa shape index (κ2) is 5.48. The summed E-state index contributed by atoms with van der Waals surface area (Å²) in [6, 6.07) is -0.486. The third kappa shape index (κ3) is 4.88. The summed E-state index contributed by atoms with van der Waals surface area (Å²) in [4.78, 5) is 25.1. The third-order valence-corrected chi connectivity index (χ3v) is 3.19. The number of likely N-dealkylation sites (tertiary alicyclic amines) is 1. The molecule has 1 saturated heterocycles. The van der Waals surface area contributed by atoms with Crippen LogP contribution in [0.2, 0.25) is 0 Å². The van der Waals surface area contributed by atoms with Crippen molar-refractivity contribution in [1.82, 2.24) is 4.90 Å². The van der Waals surface area contributed by atoms with Gasteiger partial charge >= 0.3 is 12.1 Å². The summed E-state index contributed by atoms with van der Waals surface area (Å²) < 4.78 is 10.5. The lowest BCUT2D eigenvalue weighted by atomic mass is 9.82. The van der Waals surface area contributed by atoms with Crippen molar-refractivity contribution >= 4 is 12.1 Å². The molecule has 1 heterocycles. The number of rotatable bonds is 2. The van der Waals surface area contributed by atoms with E-state index in [0.717, 1.165) is 0 Å². The van der Waals surface area contributed by atoms with Gasteiger partial charge in [-0.1, -0.05) is 0 Å². The van der Waals surface area contributed by atoms with Gasteiger partial charge in [0, 0.05) is 0 Å². The van der Waals surface area contributed by atoms with Crippen molar-refractivity contribution < 1.29 is 24.2 Å². The van der Waals surface area contributed by atoms with E-state index < -0.39 is 34.9 Å². The van der Waals surface area contributed by atoms with Crippen molar-refractivity contribution in [2.45, 2.75) is 77.7 Å². The van der Waals surface area contributed by atoms with Crippen LogP contribution in [0.5, 0.6) is 0 Å². The highest BCUT2D eigenvalue weighted by Crippen LogP contribution is 2.34. The van der Waals surface area contributed by atoms with Gasteiger partial charge in [0.1, 0.15) is 16.8 Å². The summed E-state index contributed by atoms with van der Waals surface area (Å²) in [5, 5.41) is 10.4. The number of carbonyl (C=O) groups excluding carboxylic acids is 2. The number of aliphatic hydroxyl groups is 1. The van der Waals surface area contributed by atoms with Gasteiger partial charge in [-0.3, -0.25) is 9.69 Å². The molecule has 21 heavy (non-hydrogen) atoms. The van der Waals surface area contributed by atoms with E-state index in [2.05, 4.69) is 0 Å². The van der Waals surface area contributed by atoms with Crippen LogP contribution in [0.4, 0.5) is 4.79 Å². The fourth-order valence-corrected chi connectivity index (χ4v) is 2.12. The minimum atomic E-state index is -1.25. The van der Waals surface area contributed by atoms with E-state index in [9.17, 15) is 14.7 Å². The molecule has 0 aromatic rings. The predicted molar refractivity (Wildman–Crippen MR) is 77.8 cm³/mol. The summed E-state index contributed by atoms with van der Waals surface area (Å²) >= 11 is 0. The van der Waals surface area contributed by atoms with Crippen molar-refractivity contribution in [2.24, 2.45) is 0 Å². The van der Waals surface area contributed by atoms with Gasteiger partial charge in [0.15, 0.2) is 0 Å². The van der Waals surface area contributed by atoms with Crippen LogP contribution in [0.3, 0.4) is 0 Å². The van der Waals surface area contributed by atoms with Gasteiger partial charge in [-0.25, -0.2) is 4.79 Å². The van der Waals surface area contributed by atoms with Crippen molar-refractivity contribution in [1.29, 1.82) is 0 Å². The molecular weight excluding hydrogens is 274 g/mol. The van der Waals surface area contributed by atoms with Gasteiger partial charge < -0.3 is 14.6 Å². The van der Waals surface area contributed by atoms with Gasteiger partial charge in [-0.2, -0.15) is 0 Å². The van der Waals surface area contributed by atoms with Crippen LogP contribution in [0, 0.1) is 0 Å². The molecule has 1 rings (SSSR count). The zero-order valence-electron chi connectivity index (χ0n) is 14.0. The zero-order chi connectivity index (χ0) is 16.6. The lowest BCUT2D eigenvalue weighted by Crippen LogP contribution is -2.71. The highest BCUT2D eigenvalue weighted by Gasteiger charge is 2.53. The third-order valence-electron chi connectivity index (χ3n) is 3.19. The van der Waals surface area contributed by atoms with Gasteiger partial charge in [0.2, 0.25) is 0 Å².